The average molecular weight is 542 g/mol. The summed E-state index contributed by atoms with van der Waals surface area (Å²) < 4.78 is 89.5. The predicted octanol–water partition coefficient (Wildman–Crippen LogP) is 7.38. The maximum Gasteiger partial charge on any atom is 0.412 e. The van der Waals surface area contributed by atoms with Crippen molar-refractivity contribution < 1.29 is 45.7 Å². The molecule has 0 saturated heterocycles. The number of hydrogen-bond donors (Lipinski definition) is 1. The Bertz CT molecular complexity index is 781. The number of hydrogen-bond acceptors (Lipinski definition) is 5. The van der Waals surface area contributed by atoms with Crippen LogP contribution in [0.2, 0.25) is 0 Å². The van der Waals surface area contributed by atoms with E-state index in [-0.39, 0.29) is 12.5 Å². The summed E-state index contributed by atoms with van der Waals surface area (Å²) in [7, 11) is 0. The topological polar surface area (TPSA) is 66.0 Å². The van der Waals surface area contributed by atoms with Crippen LogP contribution in [0.25, 0.3) is 0 Å². The van der Waals surface area contributed by atoms with Crippen LogP contribution in [0.1, 0.15) is 85.5 Å². The zero-order valence-corrected chi connectivity index (χ0v) is 22.2. The highest BCUT2D eigenvalue weighted by Crippen LogP contribution is 2.34. The number of carbonyl (C=O) groups excluding carboxylic acids is 1. The highest BCUT2D eigenvalue weighted by Gasteiger charge is 2.41. The molecule has 1 aromatic rings. The van der Waals surface area contributed by atoms with Crippen LogP contribution in [0, 0.1) is 35.0 Å². The number of ether oxygens (including phenoxy) is 4. The highest BCUT2D eigenvalue weighted by molar-refractivity contribution is 5.70. The van der Waals surface area contributed by atoms with Gasteiger partial charge in [-0.1, -0.05) is 45.4 Å². The largest absolute Gasteiger partial charge is 0.412 e. The molecule has 0 aromatic heterocycles. The van der Waals surface area contributed by atoms with Crippen LogP contribution in [0.15, 0.2) is 0 Å². The summed E-state index contributed by atoms with van der Waals surface area (Å²) >= 11 is 0. The normalized spacial score (nSPS) is 12.6. The number of rotatable bonds is 19. The molecule has 6 nitrogen and oxygen atoms in total. The van der Waals surface area contributed by atoms with Crippen molar-refractivity contribution in [3.05, 3.63) is 29.1 Å². The first-order valence-electron chi connectivity index (χ1n) is 13.1. The minimum atomic E-state index is -2.33. The zero-order valence-electron chi connectivity index (χ0n) is 22.2. The van der Waals surface area contributed by atoms with Gasteiger partial charge >= 0.3 is 6.09 Å². The fraction of sp³-hybridized carbons (Fsp3) is 0.731. The SMILES string of the molecule is CCCCCCCCC(CCCNC(=O)Oc1c(F)c(F)c(F)c(F)c1F)C(OCC)(OCC)OCC. The maximum atomic E-state index is 13.8. The summed E-state index contributed by atoms with van der Waals surface area (Å²) in [5.74, 6) is -14.2. The molecule has 37 heavy (non-hydrogen) atoms. The van der Waals surface area contributed by atoms with E-state index >= 15 is 0 Å². The molecule has 214 valence electrons. The number of unbranched alkanes of at least 4 members (excludes halogenated alkanes) is 5. The molecular formula is C26H40F5NO5. The molecule has 1 unspecified atom stereocenters. The van der Waals surface area contributed by atoms with Gasteiger partial charge in [0.1, 0.15) is 0 Å². The van der Waals surface area contributed by atoms with Crippen LogP contribution in [0.5, 0.6) is 5.75 Å². The van der Waals surface area contributed by atoms with Crippen LogP contribution in [-0.4, -0.2) is 38.4 Å². The lowest BCUT2D eigenvalue weighted by atomic mass is 9.92. The van der Waals surface area contributed by atoms with Crippen LogP contribution >= 0.6 is 0 Å². The summed E-state index contributed by atoms with van der Waals surface area (Å²) in [5, 5.41) is 2.28. The van der Waals surface area contributed by atoms with Crippen molar-refractivity contribution in [1.29, 1.82) is 0 Å². The fourth-order valence-corrected chi connectivity index (χ4v) is 4.09. The molecule has 0 spiro atoms. The lowest BCUT2D eigenvalue weighted by molar-refractivity contribution is -0.403. The van der Waals surface area contributed by atoms with Crippen molar-refractivity contribution >= 4 is 6.09 Å². The summed E-state index contributed by atoms with van der Waals surface area (Å²) in [4.78, 5) is 12.0. The van der Waals surface area contributed by atoms with Crippen LogP contribution < -0.4 is 10.1 Å². The number of halogens is 5. The van der Waals surface area contributed by atoms with Gasteiger partial charge in [0.05, 0.1) is 0 Å². The number of amides is 1. The molecule has 1 rings (SSSR count). The summed E-state index contributed by atoms with van der Waals surface area (Å²) in [5.41, 5.74) is 0. The third kappa shape index (κ3) is 10.0. The minimum Gasteiger partial charge on any atom is -0.404 e. The molecular weight excluding hydrogens is 501 g/mol. The summed E-state index contributed by atoms with van der Waals surface area (Å²) in [6.07, 6.45) is 6.92. The van der Waals surface area contributed by atoms with E-state index in [1.807, 2.05) is 20.8 Å². The Hall–Kier alpha value is -1.98. The maximum absolute atomic E-state index is 13.8. The van der Waals surface area contributed by atoms with Crippen molar-refractivity contribution in [2.45, 2.75) is 91.5 Å². The molecule has 0 saturated carbocycles. The molecule has 0 bridgehead atoms. The van der Waals surface area contributed by atoms with Crippen molar-refractivity contribution in [2.24, 2.45) is 5.92 Å². The second kappa shape index (κ2) is 17.5. The molecule has 0 fully saturated rings. The number of carbonyl (C=O) groups is 1. The summed E-state index contributed by atoms with van der Waals surface area (Å²) in [6, 6.07) is 0. The van der Waals surface area contributed by atoms with E-state index in [2.05, 4.69) is 17.0 Å². The molecule has 1 atom stereocenters. The molecule has 0 aliphatic carbocycles. The van der Waals surface area contributed by atoms with Gasteiger partial charge in [-0.2, -0.15) is 8.78 Å². The smallest absolute Gasteiger partial charge is 0.404 e. The van der Waals surface area contributed by atoms with E-state index in [4.69, 9.17) is 14.2 Å². The second-order valence-electron chi connectivity index (χ2n) is 8.51. The molecule has 0 heterocycles. The van der Waals surface area contributed by atoms with E-state index in [0.29, 0.717) is 32.7 Å². The van der Waals surface area contributed by atoms with Crippen LogP contribution in [0.3, 0.4) is 0 Å². The lowest BCUT2D eigenvalue weighted by Gasteiger charge is -2.39. The monoisotopic (exact) mass is 541 g/mol. The Morgan fingerprint density at radius 2 is 1.16 bits per heavy atom. The van der Waals surface area contributed by atoms with Gasteiger partial charge in [-0.15, -0.1) is 0 Å². The van der Waals surface area contributed by atoms with Crippen molar-refractivity contribution in [3.63, 3.8) is 0 Å². The van der Waals surface area contributed by atoms with Gasteiger partial charge in [0.2, 0.25) is 34.8 Å². The van der Waals surface area contributed by atoms with Crippen molar-refractivity contribution in [3.8, 4) is 5.75 Å². The Balaban J connectivity index is 2.80. The first kappa shape index (κ1) is 33.0. The van der Waals surface area contributed by atoms with Crippen LogP contribution in [-0.2, 0) is 14.2 Å². The van der Waals surface area contributed by atoms with E-state index in [1.165, 1.54) is 12.8 Å². The third-order valence-corrected chi connectivity index (χ3v) is 5.81. The van der Waals surface area contributed by atoms with Gasteiger partial charge in [0.15, 0.2) is 0 Å². The van der Waals surface area contributed by atoms with Crippen molar-refractivity contribution in [1.82, 2.24) is 5.32 Å². The number of benzene rings is 1. The molecule has 1 aromatic carbocycles. The van der Waals surface area contributed by atoms with E-state index < -0.39 is 46.9 Å². The minimum absolute atomic E-state index is 0.0156. The molecule has 1 N–H and O–H groups in total. The first-order chi connectivity index (χ1) is 17.7. The lowest BCUT2D eigenvalue weighted by Crippen LogP contribution is -2.47. The fourth-order valence-electron chi connectivity index (χ4n) is 4.09. The Morgan fingerprint density at radius 3 is 1.68 bits per heavy atom. The molecule has 0 aliphatic heterocycles. The van der Waals surface area contributed by atoms with Gasteiger partial charge in [-0.25, -0.2) is 18.0 Å². The van der Waals surface area contributed by atoms with Gasteiger partial charge in [-0.3, -0.25) is 0 Å². The first-order valence-corrected chi connectivity index (χ1v) is 13.1. The van der Waals surface area contributed by atoms with Gasteiger partial charge in [0.25, 0.3) is 5.97 Å². The molecule has 1 amide bonds. The second-order valence-corrected chi connectivity index (χ2v) is 8.51. The summed E-state index contributed by atoms with van der Waals surface area (Å²) in [6.45, 7) is 8.77. The Labute approximate surface area is 216 Å². The number of nitrogens with one attached hydrogen (secondary N) is 1. The molecule has 0 aliphatic rings. The van der Waals surface area contributed by atoms with E-state index in [9.17, 15) is 26.7 Å². The average Bonchev–Trinajstić information content (AvgIpc) is 2.87. The third-order valence-electron chi connectivity index (χ3n) is 5.81. The quantitative estimate of drug-likeness (QED) is 0.0651. The molecule has 0 radical (unpaired) electrons. The Morgan fingerprint density at radius 1 is 0.703 bits per heavy atom. The van der Waals surface area contributed by atoms with E-state index in [0.717, 1.165) is 32.1 Å². The molecule has 11 heteroatoms. The predicted molar refractivity (Wildman–Crippen MR) is 129 cm³/mol. The Kier molecular flexibility index (Phi) is 15.6. The van der Waals surface area contributed by atoms with Gasteiger partial charge < -0.3 is 24.3 Å². The zero-order chi connectivity index (χ0) is 27.8. The van der Waals surface area contributed by atoms with E-state index in [1.54, 1.807) is 0 Å². The van der Waals surface area contributed by atoms with Crippen molar-refractivity contribution in [2.75, 3.05) is 26.4 Å². The standard InChI is InChI=1S/C26H40F5NO5/c1-5-9-10-11-12-13-15-18(26(34-6-2,35-7-3)36-8-4)16-14-17-32-25(33)37-24-22(30)20(28)19(27)21(29)23(24)31/h18H,5-17H2,1-4H3,(H,32,33). The van der Waals surface area contributed by atoms with Gasteiger partial charge in [-0.05, 0) is 40.0 Å². The highest BCUT2D eigenvalue weighted by atomic mass is 19.2. The van der Waals surface area contributed by atoms with Gasteiger partial charge in [0, 0.05) is 32.3 Å². The van der Waals surface area contributed by atoms with Crippen LogP contribution in [0.4, 0.5) is 26.7 Å².